The van der Waals surface area contributed by atoms with Crippen LogP contribution >= 0.6 is 0 Å². The molecule has 4 N–H and O–H groups in total. The molecular weight excluding hydrogens is 204 g/mol. The van der Waals surface area contributed by atoms with Gasteiger partial charge < -0.3 is 11.5 Å². The number of nitrogens with two attached hydrogens (primary N) is 2. The highest BCUT2D eigenvalue weighted by molar-refractivity contribution is 5.74. The molecular formula is C10H14N6. The number of benzene rings is 1. The van der Waals surface area contributed by atoms with Gasteiger partial charge >= 0.3 is 0 Å². The Kier molecular flexibility index (Phi) is 2.72. The van der Waals surface area contributed by atoms with Crippen LogP contribution in [-0.4, -0.2) is 20.2 Å². The number of aryl methyl sites for hydroxylation is 1. The predicted octanol–water partition coefficient (Wildman–Crippen LogP) is 0.915. The first-order chi connectivity index (χ1) is 7.72. The largest absolute Gasteiger partial charge is 0.399 e. The number of hydrogen-bond donors (Lipinski definition) is 2. The van der Waals surface area contributed by atoms with Crippen LogP contribution in [0.3, 0.4) is 0 Å². The monoisotopic (exact) mass is 218 g/mol. The molecule has 0 amide bonds. The minimum atomic E-state index is 0.590. The maximum Gasteiger partial charge on any atom is 0.184 e. The van der Waals surface area contributed by atoms with E-state index in [1.807, 2.05) is 6.07 Å². The second kappa shape index (κ2) is 4.18. The van der Waals surface area contributed by atoms with Crippen molar-refractivity contribution in [3.8, 4) is 11.4 Å². The predicted molar refractivity (Wildman–Crippen MR) is 62.4 cm³/mol. The van der Waals surface area contributed by atoms with Crippen LogP contribution in [-0.2, 0) is 6.54 Å². The smallest absolute Gasteiger partial charge is 0.184 e. The summed E-state index contributed by atoms with van der Waals surface area (Å²) in [6, 6.07) is 5.33. The highest BCUT2D eigenvalue weighted by atomic mass is 15.5. The zero-order valence-corrected chi connectivity index (χ0v) is 9.09. The van der Waals surface area contributed by atoms with E-state index in [9.17, 15) is 0 Å². The lowest BCUT2D eigenvalue weighted by Gasteiger charge is -2.06. The Morgan fingerprint density at radius 3 is 2.81 bits per heavy atom. The zero-order valence-electron chi connectivity index (χ0n) is 9.09. The number of nitrogens with zero attached hydrogens (tertiary/aromatic N) is 4. The van der Waals surface area contributed by atoms with Gasteiger partial charge in [-0.3, -0.25) is 0 Å². The molecule has 0 aliphatic heterocycles. The van der Waals surface area contributed by atoms with Crippen LogP contribution in [0.4, 0.5) is 11.4 Å². The summed E-state index contributed by atoms with van der Waals surface area (Å²) in [5, 5.41) is 11.5. The van der Waals surface area contributed by atoms with Crippen molar-refractivity contribution in [2.75, 3.05) is 11.5 Å². The molecule has 84 valence electrons. The van der Waals surface area contributed by atoms with Gasteiger partial charge in [-0.1, -0.05) is 6.92 Å². The number of hydrogen-bond acceptors (Lipinski definition) is 5. The van der Waals surface area contributed by atoms with Crippen molar-refractivity contribution in [1.29, 1.82) is 0 Å². The standard InChI is InChI=1S/C10H14N6/c1-2-5-16-10(13-14-15-16)8-4-3-7(11)6-9(8)12/h3-4,6H,2,5,11-12H2,1H3. The number of rotatable bonds is 3. The molecule has 0 saturated heterocycles. The summed E-state index contributed by atoms with van der Waals surface area (Å²) in [5.41, 5.74) is 13.6. The van der Waals surface area contributed by atoms with E-state index < -0.39 is 0 Å². The van der Waals surface area contributed by atoms with Gasteiger partial charge in [0.1, 0.15) is 0 Å². The lowest BCUT2D eigenvalue weighted by molar-refractivity contribution is 0.583. The lowest BCUT2D eigenvalue weighted by atomic mass is 10.1. The Balaban J connectivity index is 2.46. The maximum atomic E-state index is 5.89. The topological polar surface area (TPSA) is 95.6 Å². The van der Waals surface area contributed by atoms with Gasteiger partial charge in [0.05, 0.1) is 0 Å². The molecule has 0 radical (unpaired) electrons. The van der Waals surface area contributed by atoms with Crippen LogP contribution in [0.5, 0.6) is 0 Å². The molecule has 1 heterocycles. The van der Waals surface area contributed by atoms with Crippen molar-refractivity contribution >= 4 is 11.4 Å². The zero-order chi connectivity index (χ0) is 11.5. The van der Waals surface area contributed by atoms with E-state index >= 15 is 0 Å². The summed E-state index contributed by atoms with van der Waals surface area (Å²) in [6.45, 7) is 2.84. The van der Waals surface area contributed by atoms with E-state index in [0.29, 0.717) is 17.2 Å². The molecule has 6 nitrogen and oxygen atoms in total. The van der Waals surface area contributed by atoms with Crippen molar-refractivity contribution in [3.63, 3.8) is 0 Å². The third-order valence-electron chi connectivity index (χ3n) is 2.28. The van der Waals surface area contributed by atoms with E-state index in [-0.39, 0.29) is 0 Å². The minimum absolute atomic E-state index is 0.590. The van der Waals surface area contributed by atoms with Gasteiger partial charge in [0.15, 0.2) is 5.82 Å². The van der Waals surface area contributed by atoms with E-state index in [1.165, 1.54) is 0 Å². The van der Waals surface area contributed by atoms with Crippen LogP contribution in [0.2, 0.25) is 0 Å². The molecule has 0 spiro atoms. The third-order valence-corrected chi connectivity index (χ3v) is 2.28. The number of aromatic nitrogens is 4. The Hall–Kier alpha value is -2.11. The molecule has 0 atom stereocenters. The Bertz CT molecular complexity index is 490. The van der Waals surface area contributed by atoms with Gasteiger partial charge in [0, 0.05) is 23.5 Å². The molecule has 2 aromatic rings. The molecule has 1 aromatic carbocycles. The van der Waals surface area contributed by atoms with Gasteiger partial charge in [0.25, 0.3) is 0 Å². The minimum Gasteiger partial charge on any atom is -0.399 e. The fraction of sp³-hybridized carbons (Fsp3) is 0.300. The first-order valence-electron chi connectivity index (χ1n) is 5.14. The SMILES string of the molecule is CCCn1nnnc1-c1ccc(N)cc1N. The Labute approximate surface area is 93.2 Å². The molecule has 0 bridgehead atoms. The third kappa shape index (κ3) is 1.81. The van der Waals surface area contributed by atoms with Crippen LogP contribution in [0.1, 0.15) is 13.3 Å². The molecule has 0 fully saturated rings. The molecule has 6 heteroatoms. The summed E-state index contributed by atoms with van der Waals surface area (Å²) in [5.74, 6) is 0.680. The maximum absolute atomic E-state index is 5.89. The van der Waals surface area contributed by atoms with E-state index in [2.05, 4.69) is 22.4 Å². The molecule has 0 aliphatic carbocycles. The highest BCUT2D eigenvalue weighted by Gasteiger charge is 2.11. The summed E-state index contributed by atoms with van der Waals surface area (Å²) >= 11 is 0. The number of anilines is 2. The average Bonchev–Trinajstić information content (AvgIpc) is 2.67. The van der Waals surface area contributed by atoms with Gasteiger partial charge in [0.2, 0.25) is 0 Å². The van der Waals surface area contributed by atoms with Crippen molar-refractivity contribution in [2.24, 2.45) is 0 Å². The van der Waals surface area contributed by atoms with Gasteiger partial charge in [-0.15, -0.1) is 5.10 Å². The normalized spacial score (nSPS) is 10.6. The van der Waals surface area contributed by atoms with Crippen molar-refractivity contribution in [1.82, 2.24) is 20.2 Å². The summed E-state index contributed by atoms with van der Waals surface area (Å²) < 4.78 is 1.74. The Morgan fingerprint density at radius 1 is 1.31 bits per heavy atom. The first kappa shape index (κ1) is 10.4. The van der Waals surface area contributed by atoms with E-state index in [1.54, 1.807) is 16.8 Å². The van der Waals surface area contributed by atoms with E-state index in [4.69, 9.17) is 11.5 Å². The molecule has 0 saturated carbocycles. The average molecular weight is 218 g/mol. The van der Waals surface area contributed by atoms with Gasteiger partial charge in [-0.2, -0.15) is 0 Å². The van der Waals surface area contributed by atoms with Crippen LogP contribution in [0.15, 0.2) is 18.2 Å². The highest BCUT2D eigenvalue weighted by Crippen LogP contribution is 2.25. The summed E-state index contributed by atoms with van der Waals surface area (Å²) in [7, 11) is 0. The molecule has 0 aliphatic rings. The number of nitrogen functional groups attached to an aromatic ring is 2. The van der Waals surface area contributed by atoms with Crippen LogP contribution in [0.25, 0.3) is 11.4 Å². The number of tetrazole rings is 1. The second-order valence-corrected chi connectivity index (χ2v) is 3.57. The Morgan fingerprint density at radius 2 is 2.12 bits per heavy atom. The molecule has 2 rings (SSSR count). The van der Waals surface area contributed by atoms with Crippen LogP contribution < -0.4 is 11.5 Å². The fourth-order valence-corrected chi connectivity index (χ4v) is 1.54. The molecule has 0 unspecified atom stereocenters. The lowest BCUT2D eigenvalue weighted by Crippen LogP contribution is -2.03. The summed E-state index contributed by atoms with van der Waals surface area (Å²) in [4.78, 5) is 0. The van der Waals surface area contributed by atoms with Crippen molar-refractivity contribution in [2.45, 2.75) is 19.9 Å². The molecule has 1 aromatic heterocycles. The fourth-order valence-electron chi connectivity index (χ4n) is 1.54. The van der Waals surface area contributed by atoms with Crippen LogP contribution in [0, 0.1) is 0 Å². The quantitative estimate of drug-likeness (QED) is 0.746. The van der Waals surface area contributed by atoms with E-state index in [0.717, 1.165) is 18.5 Å². The summed E-state index contributed by atoms with van der Waals surface area (Å²) in [6.07, 6.45) is 0.965. The molecule has 16 heavy (non-hydrogen) atoms. The van der Waals surface area contributed by atoms with Crippen molar-refractivity contribution in [3.05, 3.63) is 18.2 Å². The van der Waals surface area contributed by atoms with Crippen molar-refractivity contribution < 1.29 is 0 Å². The first-order valence-corrected chi connectivity index (χ1v) is 5.14. The van der Waals surface area contributed by atoms with Gasteiger partial charge in [-0.05, 0) is 35.0 Å². The van der Waals surface area contributed by atoms with Gasteiger partial charge in [-0.25, -0.2) is 4.68 Å². The second-order valence-electron chi connectivity index (χ2n) is 3.57.